The van der Waals surface area contributed by atoms with Gasteiger partial charge in [-0.15, -0.1) is 0 Å². The third-order valence-corrected chi connectivity index (χ3v) is 3.49. The van der Waals surface area contributed by atoms with E-state index in [1.807, 2.05) is 18.2 Å². The van der Waals surface area contributed by atoms with Gasteiger partial charge in [0, 0.05) is 4.47 Å². The van der Waals surface area contributed by atoms with Gasteiger partial charge < -0.3 is 102 Å². The molecule has 178 valence electrons. The average Bonchev–Trinajstić information content (AvgIpc) is 2.55. The summed E-state index contributed by atoms with van der Waals surface area (Å²) >= 11 is 3.43. The van der Waals surface area contributed by atoms with Crippen LogP contribution in [0.15, 0.2) is 22.7 Å². The van der Waals surface area contributed by atoms with Gasteiger partial charge in [-0.2, -0.15) is 0 Å². The van der Waals surface area contributed by atoms with Gasteiger partial charge in [-0.05, 0) is 18.2 Å². The van der Waals surface area contributed by atoms with Crippen LogP contribution in [0.3, 0.4) is 0 Å². The zero-order valence-electron chi connectivity index (χ0n) is 15.5. The van der Waals surface area contributed by atoms with Crippen molar-refractivity contribution in [2.45, 2.75) is 0 Å². The molecule has 0 bridgehead atoms. The first-order valence-corrected chi connectivity index (χ1v) is 8.52. The minimum absolute atomic E-state index is 0. The molecule has 0 saturated heterocycles. The van der Waals surface area contributed by atoms with Gasteiger partial charge in [-0.25, -0.2) is 0 Å². The molecule has 29 heavy (non-hydrogen) atoms. The second-order valence-electron chi connectivity index (χ2n) is 4.74. The Hall–Kier alpha value is 1.76. The van der Waals surface area contributed by atoms with Gasteiger partial charge in [0.25, 0.3) is 0 Å². The molecule has 0 radical (unpaired) electrons. The molecular weight excluding hydrogens is 901 g/mol. The maximum atomic E-state index is 5.73. The van der Waals surface area contributed by atoms with Crippen LogP contribution in [0, 0.1) is 0 Å². The molecular formula is C16H26AuBr5O7. The average molecular weight is 927 g/mol. The molecule has 0 amide bonds. The third-order valence-electron chi connectivity index (χ3n) is 2.99. The first kappa shape index (κ1) is 41.1. The van der Waals surface area contributed by atoms with E-state index in [9.17, 15) is 0 Å². The summed E-state index contributed by atoms with van der Waals surface area (Å²) in [4.78, 5) is 0. The molecule has 0 fully saturated rings. The Morgan fingerprint density at radius 3 is 1.31 bits per heavy atom. The Morgan fingerprint density at radius 2 is 0.897 bits per heavy atom. The summed E-state index contributed by atoms with van der Waals surface area (Å²) in [7, 11) is 0. The van der Waals surface area contributed by atoms with Crippen molar-refractivity contribution in [3.8, 4) is 11.5 Å². The van der Waals surface area contributed by atoms with E-state index in [0.717, 1.165) is 4.47 Å². The molecule has 13 heteroatoms. The number of benzene rings is 1. The van der Waals surface area contributed by atoms with Crippen LogP contribution < -0.4 is 77.4 Å². The second-order valence-corrected chi connectivity index (χ2v) is 5.65. The summed E-state index contributed by atoms with van der Waals surface area (Å²) in [5, 5.41) is 0. The predicted octanol–water partition coefficient (Wildman–Crippen LogP) is -10.6. The van der Waals surface area contributed by atoms with E-state index in [2.05, 4.69) is 15.9 Å². The van der Waals surface area contributed by atoms with Crippen molar-refractivity contribution in [1.29, 1.82) is 0 Å². The van der Waals surface area contributed by atoms with Crippen molar-refractivity contribution in [3.05, 3.63) is 22.7 Å². The summed E-state index contributed by atoms with van der Waals surface area (Å²) in [5.74, 6) is 1.38. The minimum Gasteiger partial charge on any atom is -1.00 e. The molecule has 0 spiro atoms. The maximum Gasteiger partial charge on any atom is 3.00 e. The number of hydrogen-bond acceptors (Lipinski definition) is 6. The van der Waals surface area contributed by atoms with Crippen LogP contribution >= 0.6 is 15.9 Å². The van der Waals surface area contributed by atoms with E-state index in [1.165, 1.54) is 0 Å². The number of rotatable bonds is 0. The summed E-state index contributed by atoms with van der Waals surface area (Å²) in [5.41, 5.74) is 0. The van der Waals surface area contributed by atoms with Crippen LogP contribution in [0.2, 0.25) is 0 Å². The van der Waals surface area contributed by atoms with Crippen LogP contribution in [-0.4, -0.2) is 66.1 Å². The molecule has 1 aliphatic rings. The van der Waals surface area contributed by atoms with Crippen LogP contribution in [-0.2, 0) is 46.8 Å². The molecule has 3 N–H and O–H groups in total. The molecule has 7 nitrogen and oxygen atoms in total. The molecule has 1 aliphatic heterocycles. The van der Waals surface area contributed by atoms with Gasteiger partial charge in [0.15, 0.2) is 11.5 Å². The van der Waals surface area contributed by atoms with Crippen LogP contribution in [0.1, 0.15) is 0 Å². The fourth-order valence-corrected chi connectivity index (χ4v) is 2.24. The molecule has 1 aromatic rings. The zero-order chi connectivity index (χ0) is 16.2. The topological polar surface area (TPSA) is 88.4 Å². The molecule has 1 aromatic carbocycles. The Kier molecular flexibility index (Phi) is 39.3. The molecule has 1 heterocycles. The van der Waals surface area contributed by atoms with Crippen LogP contribution in [0.5, 0.6) is 11.5 Å². The largest absolute Gasteiger partial charge is 3.00 e. The number of fused-ring (bicyclic) bond motifs is 1. The molecule has 0 aliphatic carbocycles. The van der Waals surface area contributed by atoms with Crippen molar-refractivity contribution in [3.63, 3.8) is 0 Å². The van der Waals surface area contributed by atoms with Gasteiger partial charge in [-0.1, -0.05) is 15.9 Å². The monoisotopic (exact) mass is 922 g/mol. The molecule has 0 saturated carbocycles. The van der Waals surface area contributed by atoms with Gasteiger partial charge in [0.2, 0.25) is 0 Å². The van der Waals surface area contributed by atoms with Gasteiger partial charge in [-0.3, -0.25) is 0 Å². The van der Waals surface area contributed by atoms with E-state index < -0.39 is 0 Å². The molecule has 0 atom stereocenters. The first-order valence-electron chi connectivity index (χ1n) is 7.72. The van der Waals surface area contributed by atoms with E-state index in [0.29, 0.717) is 77.6 Å². The van der Waals surface area contributed by atoms with Crippen molar-refractivity contribution in [2.75, 3.05) is 66.1 Å². The van der Waals surface area contributed by atoms with E-state index in [1.54, 1.807) is 0 Å². The standard InChI is InChI=1S/C16H23BrO6.Au.4BrH.H2O/c17-14-1-2-15-16(13-14)23-12-10-21-8-6-19-4-3-18-5-7-20-9-11-22-15;;;;;;/h1-2,13H,3-12H2;;4*1H;1H2/q;+3;;;;;/p-3. The van der Waals surface area contributed by atoms with E-state index >= 15 is 0 Å². The van der Waals surface area contributed by atoms with Crippen molar-refractivity contribution >= 4 is 15.9 Å². The van der Waals surface area contributed by atoms with Gasteiger partial charge in [0.1, 0.15) is 13.2 Å². The summed E-state index contributed by atoms with van der Waals surface area (Å²) in [6, 6.07) is 5.66. The molecule has 0 aromatic heterocycles. The Bertz CT molecular complexity index is 464. The SMILES string of the molecule is Brc1ccc2c(c1)OCCOCCOCCOCCOCCO2.[Au+3].[Br-].[Br-].[Br-].[Br-].[OH3+]. The Morgan fingerprint density at radius 1 is 0.552 bits per heavy atom. The Balaban J connectivity index is -0.000000320. The zero-order valence-corrected chi connectivity index (χ0v) is 25.6. The number of hydrogen-bond donors (Lipinski definition) is 0. The number of halogens is 5. The normalized spacial score (nSPS) is 15.5. The smallest absolute Gasteiger partial charge is 1.00 e. The van der Waals surface area contributed by atoms with Crippen LogP contribution in [0.25, 0.3) is 0 Å². The van der Waals surface area contributed by atoms with E-state index in [4.69, 9.17) is 28.4 Å². The third kappa shape index (κ3) is 20.1. The summed E-state index contributed by atoms with van der Waals surface area (Å²) in [6.07, 6.45) is 0. The second kappa shape index (κ2) is 27.8. The summed E-state index contributed by atoms with van der Waals surface area (Å²) in [6.45, 7) is 5.19. The van der Waals surface area contributed by atoms with Crippen molar-refractivity contribution in [1.82, 2.24) is 0 Å². The Labute approximate surface area is 238 Å². The fraction of sp³-hybridized carbons (Fsp3) is 0.625. The number of ether oxygens (including phenoxy) is 6. The maximum absolute atomic E-state index is 5.73. The van der Waals surface area contributed by atoms with Crippen LogP contribution in [0.4, 0.5) is 0 Å². The summed E-state index contributed by atoms with van der Waals surface area (Å²) < 4.78 is 34.1. The first-order chi connectivity index (χ1) is 11.4. The minimum atomic E-state index is 0. The fourth-order valence-electron chi connectivity index (χ4n) is 1.90. The molecule has 0 unspecified atom stereocenters. The van der Waals surface area contributed by atoms with Crippen molar-refractivity contribution < 1.29 is 124 Å². The van der Waals surface area contributed by atoms with E-state index in [-0.39, 0.29) is 95.8 Å². The molecule has 2 rings (SSSR count). The van der Waals surface area contributed by atoms with Gasteiger partial charge in [0.05, 0.1) is 52.9 Å². The quantitative estimate of drug-likeness (QED) is 0.190. The predicted molar refractivity (Wildman–Crippen MR) is 93.3 cm³/mol. The van der Waals surface area contributed by atoms with Crippen molar-refractivity contribution in [2.24, 2.45) is 0 Å². The van der Waals surface area contributed by atoms with Gasteiger partial charge >= 0.3 is 22.4 Å².